The highest BCUT2D eigenvalue weighted by atomic mass is 79.9. The van der Waals surface area contributed by atoms with Crippen molar-refractivity contribution in [3.63, 3.8) is 0 Å². The lowest BCUT2D eigenvalue weighted by atomic mass is 10.1. The van der Waals surface area contributed by atoms with Crippen LogP contribution in [0.25, 0.3) is 0 Å². The number of anilines is 2. The molecule has 0 aliphatic carbocycles. The Morgan fingerprint density at radius 3 is 2.50 bits per heavy atom. The normalized spacial score (nSPS) is 10.4. The number of aryl methyl sites for hydroxylation is 3. The van der Waals surface area contributed by atoms with E-state index in [-0.39, 0.29) is 5.91 Å². The van der Waals surface area contributed by atoms with Gasteiger partial charge in [0.25, 0.3) is 5.91 Å². The Bertz CT molecular complexity index is 680. The van der Waals surface area contributed by atoms with Gasteiger partial charge in [0.1, 0.15) is 0 Å². The van der Waals surface area contributed by atoms with Crippen molar-refractivity contribution in [2.45, 2.75) is 20.8 Å². The molecule has 0 fully saturated rings. The summed E-state index contributed by atoms with van der Waals surface area (Å²) < 4.78 is 0.822. The minimum Gasteiger partial charge on any atom is -0.399 e. The van der Waals surface area contributed by atoms with Gasteiger partial charge in [-0.1, -0.05) is 12.1 Å². The van der Waals surface area contributed by atoms with Crippen molar-refractivity contribution in [2.75, 3.05) is 11.1 Å². The van der Waals surface area contributed by atoms with Gasteiger partial charge in [-0.2, -0.15) is 0 Å². The van der Waals surface area contributed by atoms with Crippen LogP contribution in [-0.2, 0) is 0 Å². The molecule has 4 heteroatoms. The van der Waals surface area contributed by atoms with Gasteiger partial charge in [0.2, 0.25) is 0 Å². The van der Waals surface area contributed by atoms with Gasteiger partial charge in [0.05, 0.1) is 5.56 Å². The molecule has 1 amide bonds. The summed E-state index contributed by atoms with van der Waals surface area (Å²) in [6.07, 6.45) is 0. The van der Waals surface area contributed by atoms with Crippen LogP contribution in [0.1, 0.15) is 27.0 Å². The molecule has 3 nitrogen and oxygen atoms in total. The second kappa shape index (κ2) is 5.67. The summed E-state index contributed by atoms with van der Waals surface area (Å²) in [6, 6.07) is 9.39. The fourth-order valence-corrected chi connectivity index (χ4v) is 2.43. The molecule has 0 bridgehead atoms. The lowest BCUT2D eigenvalue weighted by Crippen LogP contribution is -2.14. The first-order valence-corrected chi connectivity index (χ1v) is 7.12. The molecule has 0 atom stereocenters. The molecule has 2 aromatic rings. The maximum absolute atomic E-state index is 12.4. The molecule has 2 aromatic carbocycles. The first kappa shape index (κ1) is 14.6. The maximum Gasteiger partial charge on any atom is 0.256 e. The lowest BCUT2D eigenvalue weighted by Gasteiger charge is -2.12. The molecule has 0 spiro atoms. The molecule has 20 heavy (non-hydrogen) atoms. The van der Waals surface area contributed by atoms with Crippen molar-refractivity contribution in [3.8, 4) is 0 Å². The van der Waals surface area contributed by atoms with Crippen molar-refractivity contribution in [1.82, 2.24) is 0 Å². The summed E-state index contributed by atoms with van der Waals surface area (Å²) in [5.41, 5.74) is 10.9. The molecule has 3 N–H and O–H groups in total. The van der Waals surface area contributed by atoms with Gasteiger partial charge >= 0.3 is 0 Å². The number of amides is 1. The molecule has 104 valence electrons. The summed E-state index contributed by atoms with van der Waals surface area (Å²) in [7, 11) is 0. The second-order valence-electron chi connectivity index (χ2n) is 4.91. The van der Waals surface area contributed by atoms with Gasteiger partial charge in [-0.25, -0.2) is 0 Å². The molecule has 0 heterocycles. The molecule has 0 aliphatic heterocycles. The van der Waals surface area contributed by atoms with Crippen molar-refractivity contribution in [2.24, 2.45) is 0 Å². The highest BCUT2D eigenvalue weighted by Crippen LogP contribution is 2.25. The molecule has 0 saturated carbocycles. The Morgan fingerprint density at radius 1 is 1.10 bits per heavy atom. The Balaban J connectivity index is 2.33. The van der Waals surface area contributed by atoms with Crippen LogP contribution in [-0.4, -0.2) is 5.91 Å². The van der Waals surface area contributed by atoms with E-state index < -0.39 is 0 Å². The lowest BCUT2D eigenvalue weighted by molar-refractivity contribution is 0.102. The Hall–Kier alpha value is -1.81. The summed E-state index contributed by atoms with van der Waals surface area (Å²) in [5, 5.41) is 2.94. The number of benzene rings is 2. The van der Waals surface area contributed by atoms with Crippen LogP contribution < -0.4 is 11.1 Å². The molecule has 2 rings (SSSR count). The smallest absolute Gasteiger partial charge is 0.256 e. The zero-order valence-electron chi connectivity index (χ0n) is 11.8. The van der Waals surface area contributed by atoms with Crippen molar-refractivity contribution >= 4 is 33.2 Å². The number of halogens is 1. The zero-order chi connectivity index (χ0) is 14.9. The number of hydrogen-bond donors (Lipinski definition) is 2. The van der Waals surface area contributed by atoms with Gasteiger partial charge in [0, 0.05) is 15.8 Å². The number of nitrogen functional groups attached to an aromatic ring is 1. The van der Waals surface area contributed by atoms with Gasteiger partial charge in [-0.05, 0) is 71.6 Å². The van der Waals surface area contributed by atoms with Crippen LogP contribution in [0.2, 0.25) is 0 Å². The summed E-state index contributed by atoms with van der Waals surface area (Å²) >= 11 is 3.46. The average Bonchev–Trinajstić information content (AvgIpc) is 2.39. The van der Waals surface area contributed by atoms with E-state index in [1.807, 2.05) is 45.0 Å². The van der Waals surface area contributed by atoms with Crippen LogP contribution in [0.15, 0.2) is 34.8 Å². The molecule has 0 radical (unpaired) electrons. The van der Waals surface area contributed by atoms with E-state index >= 15 is 0 Å². The second-order valence-corrected chi connectivity index (χ2v) is 5.71. The molecular weight excluding hydrogens is 316 g/mol. The van der Waals surface area contributed by atoms with Gasteiger partial charge < -0.3 is 11.1 Å². The van der Waals surface area contributed by atoms with Crippen LogP contribution in [0.5, 0.6) is 0 Å². The SMILES string of the molecule is Cc1cc(NC(=O)c2cccc(C)c2Br)c(C)cc1N. The Labute approximate surface area is 127 Å². The molecule has 0 aromatic heterocycles. The van der Waals surface area contributed by atoms with Crippen molar-refractivity contribution in [1.29, 1.82) is 0 Å². The van der Waals surface area contributed by atoms with E-state index in [9.17, 15) is 4.79 Å². The standard InChI is InChI=1S/C16H17BrN2O/c1-9-5-4-6-12(15(9)17)16(20)19-14-8-10(2)13(18)7-11(14)3/h4-8H,18H2,1-3H3,(H,19,20). The van der Waals surface area contributed by atoms with Crippen molar-refractivity contribution < 1.29 is 4.79 Å². The van der Waals surface area contributed by atoms with E-state index in [0.717, 1.165) is 32.5 Å². The van der Waals surface area contributed by atoms with Gasteiger partial charge in [-0.3, -0.25) is 4.79 Å². The number of carbonyl (C=O) groups excluding carboxylic acids is 1. The predicted molar refractivity (Wildman–Crippen MR) is 87.2 cm³/mol. The van der Waals surface area contributed by atoms with Crippen molar-refractivity contribution in [3.05, 3.63) is 57.1 Å². The predicted octanol–water partition coefficient (Wildman–Crippen LogP) is 4.21. The molecule has 0 unspecified atom stereocenters. The number of carbonyl (C=O) groups is 1. The highest BCUT2D eigenvalue weighted by Gasteiger charge is 2.13. The van der Waals surface area contributed by atoms with E-state index in [0.29, 0.717) is 5.56 Å². The third-order valence-electron chi connectivity index (χ3n) is 3.30. The number of nitrogens with one attached hydrogen (secondary N) is 1. The number of rotatable bonds is 2. The first-order chi connectivity index (χ1) is 9.40. The van der Waals surface area contributed by atoms with Crippen LogP contribution in [0, 0.1) is 20.8 Å². The molecular formula is C16H17BrN2O. The van der Waals surface area contributed by atoms with E-state index in [1.54, 1.807) is 6.07 Å². The zero-order valence-corrected chi connectivity index (χ0v) is 13.3. The number of hydrogen-bond acceptors (Lipinski definition) is 2. The molecule has 0 aliphatic rings. The highest BCUT2D eigenvalue weighted by molar-refractivity contribution is 9.10. The largest absolute Gasteiger partial charge is 0.399 e. The monoisotopic (exact) mass is 332 g/mol. The van der Waals surface area contributed by atoms with Crippen LogP contribution in [0.3, 0.4) is 0 Å². The van der Waals surface area contributed by atoms with E-state index in [2.05, 4.69) is 21.2 Å². The van der Waals surface area contributed by atoms with Gasteiger partial charge in [0.15, 0.2) is 0 Å². The number of nitrogens with two attached hydrogens (primary N) is 1. The van der Waals surface area contributed by atoms with Crippen LogP contribution in [0.4, 0.5) is 11.4 Å². The summed E-state index contributed by atoms with van der Waals surface area (Å²) in [6.45, 7) is 5.81. The fourth-order valence-electron chi connectivity index (χ4n) is 1.99. The Morgan fingerprint density at radius 2 is 1.80 bits per heavy atom. The fraction of sp³-hybridized carbons (Fsp3) is 0.188. The third-order valence-corrected chi connectivity index (χ3v) is 4.35. The Kier molecular flexibility index (Phi) is 4.14. The van der Waals surface area contributed by atoms with Gasteiger partial charge in [-0.15, -0.1) is 0 Å². The quantitative estimate of drug-likeness (QED) is 0.809. The molecule has 0 saturated heterocycles. The maximum atomic E-state index is 12.4. The first-order valence-electron chi connectivity index (χ1n) is 6.33. The van der Waals surface area contributed by atoms with E-state index in [1.165, 1.54) is 0 Å². The minimum atomic E-state index is -0.132. The topological polar surface area (TPSA) is 55.1 Å². The average molecular weight is 333 g/mol. The summed E-state index contributed by atoms with van der Waals surface area (Å²) in [4.78, 5) is 12.4. The third kappa shape index (κ3) is 2.85. The summed E-state index contributed by atoms with van der Waals surface area (Å²) in [5.74, 6) is -0.132. The minimum absolute atomic E-state index is 0.132. The van der Waals surface area contributed by atoms with E-state index in [4.69, 9.17) is 5.73 Å². The van der Waals surface area contributed by atoms with Crippen LogP contribution >= 0.6 is 15.9 Å².